The molecule has 0 amide bonds. The predicted octanol–water partition coefficient (Wildman–Crippen LogP) is 2.76. The molecular weight excluding hydrogens is 276 g/mol. The minimum atomic E-state index is -3.48. The zero-order valence-corrected chi connectivity index (χ0v) is 12.2. The van der Waals surface area contributed by atoms with E-state index in [1.807, 2.05) is 0 Å². The first-order chi connectivity index (χ1) is 9.46. The van der Waals surface area contributed by atoms with E-state index in [1.165, 1.54) is 0 Å². The molecule has 1 heterocycles. The van der Waals surface area contributed by atoms with Crippen molar-refractivity contribution in [2.45, 2.75) is 43.1 Å². The van der Waals surface area contributed by atoms with E-state index in [9.17, 15) is 8.42 Å². The zero-order chi connectivity index (χ0) is 14.3. The normalized spacial score (nSPS) is 24.1. The van der Waals surface area contributed by atoms with Gasteiger partial charge >= 0.3 is 5.22 Å². The molecule has 1 fully saturated rings. The van der Waals surface area contributed by atoms with Crippen molar-refractivity contribution >= 4 is 26.6 Å². The first kappa shape index (κ1) is 13.4. The first-order valence-electron chi connectivity index (χ1n) is 6.87. The largest absolute Gasteiger partial charge is 0.428 e. The van der Waals surface area contributed by atoms with Gasteiger partial charge in [0.1, 0.15) is 5.52 Å². The number of fused-ring (bicyclic) bond motifs is 1. The average Bonchev–Trinajstić information content (AvgIpc) is 2.83. The maximum atomic E-state index is 12.6. The summed E-state index contributed by atoms with van der Waals surface area (Å²) < 4.78 is 30.5. The molecule has 1 aromatic carbocycles. The van der Waals surface area contributed by atoms with Gasteiger partial charge in [-0.2, -0.15) is 4.98 Å². The van der Waals surface area contributed by atoms with E-state index in [2.05, 4.69) is 11.9 Å². The molecule has 2 N–H and O–H groups in total. The summed E-state index contributed by atoms with van der Waals surface area (Å²) in [7, 11) is -3.48. The molecule has 1 aromatic heterocycles. The van der Waals surface area contributed by atoms with Gasteiger partial charge in [-0.3, -0.25) is 0 Å². The Morgan fingerprint density at radius 3 is 2.65 bits per heavy atom. The molecule has 0 unspecified atom stereocenters. The van der Waals surface area contributed by atoms with Gasteiger partial charge in [-0.05, 0) is 43.7 Å². The van der Waals surface area contributed by atoms with Gasteiger partial charge in [0, 0.05) is 11.8 Å². The highest BCUT2D eigenvalue weighted by atomic mass is 32.2. The molecule has 0 atom stereocenters. The summed E-state index contributed by atoms with van der Waals surface area (Å²) in [6, 6.07) is 4.96. The number of rotatable bonds is 2. The molecule has 6 heteroatoms. The van der Waals surface area contributed by atoms with Gasteiger partial charge in [0.05, 0.1) is 5.25 Å². The van der Waals surface area contributed by atoms with E-state index in [0.29, 0.717) is 35.5 Å². The highest BCUT2D eigenvalue weighted by Gasteiger charge is 2.34. The Bertz CT molecular complexity index is 728. The van der Waals surface area contributed by atoms with Crippen molar-refractivity contribution in [3.63, 3.8) is 0 Å². The molecule has 1 aliphatic rings. The number of aromatic nitrogens is 1. The molecule has 2 aromatic rings. The summed E-state index contributed by atoms with van der Waals surface area (Å²) in [5.74, 6) is 0.602. The summed E-state index contributed by atoms with van der Waals surface area (Å²) in [4.78, 5) is 4.11. The Kier molecular flexibility index (Phi) is 3.20. The van der Waals surface area contributed by atoms with Crippen LogP contribution in [0.25, 0.3) is 11.1 Å². The van der Waals surface area contributed by atoms with Crippen molar-refractivity contribution in [2.75, 3.05) is 5.73 Å². The van der Waals surface area contributed by atoms with Crippen LogP contribution >= 0.6 is 0 Å². The molecule has 0 bridgehead atoms. The van der Waals surface area contributed by atoms with Gasteiger partial charge in [0.2, 0.25) is 9.84 Å². The lowest BCUT2D eigenvalue weighted by molar-refractivity contribution is 0.374. The fraction of sp³-hybridized carbons (Fsp3) is 0.500. The van der Waals surface area contributed by atoms with Gasteiger partial charge in [0.15, 0.2) is 5.58 Å². The molecule has 108 valence electrons. The molecule has 5 nitrogen and oxygen atoms in total. The minimum absolute atomic E-state index is 0.169. The lowest BCUT2D eigenvalue weighted by Gasteiger charge is -2.24. The summed E-state index contributed by atoms with van der Waals surface area (Å²) in [5, 5.41) is -0.540. The van der Waals surface area contributed by atoms with Gasteiger partial charge < -0.3 is 10.2 Å². The van der Waals surface area contributed by atoms with E-state index in [1.54, 1.807) is 18.2 Å². The second-order valence-electron chi connectivity index (χ2n) is 5.63. The highest BCUT2D eigenvalue weighted by molar-refractivity contribution is 7.91. The SMILES string of the molecule is CC1CCC(S(=O)(=O)c2nc3ccc(N)cc3o2)CC1. The van der Waals surface area contributed by atoms with E-state index < -0.39 is 9.84 Å². The van der Waals surface area contributed by atoms with Crippen molar-refractivity contribution in [3.05, 3.63) is 18.2 Å². The van der Waals surface area contributed by atoms with Gasteiger partial charge in [-0.25, -0.2) is 8.42 Å². The smallest absolute Gasteiger partial charge is 0.316 e. The van der Waals surface area contributed by atoms with Crippen molar-refractivity contribution in [1.29, 1.82) is 0 Å². The molecule has 20 heavy (non-hydrogen) atoms. The van der Waals surface area contributed by atoms with Crippen LogP contribution in [0.5, 0.6) is 0 Å². The monoisotopic (exact) mass is 294 g/mol. The standard InChI is InChI=1S/C14H18N2O3S/c1-9-2-5-11(6-3-9)20(17,18)14-16-12-7-4-10(15)8-13(12)19-14/h4,7-9,11H,2-3,5-6,15H2,1H3. The van der Waals surface area contributed by atoms with Gasteiger partial charge in [-0.1, -0.05) is 6.92 Å². The third-order valence-electron chi connectivity index (χ3n) is 4.04. The van der Waals surface area contributed by atoms with Crippen molar-refractivity contribution in [3.8, 4) is 0 Å². The number of sulfone groups is 1. The third-order valence-corrected chi connectivity index (χ3v) is 6.05. The van der Waals surface area contributed by atoms with Crippen LogP contribution in [0, 0.1) is 5.92 Å². The molecule has 0 radical (unpaired) electrons. The fourth-order valence-electron chi connectivity index (χ4n) is 2.72. The van der Waals surface area contributed by atoms with Crippen LogP contribution in [0.4, 0.5) is 5.69 Å². The Morgan fingerprint density at radius 1 is 1.25 bits per heavy atom. The number of nitrogens with zero attached hydrogens (tertiary/aromatic N) is 1. The second-order valence-corrected chi connectivity index (χ2v) is 7.74. The summed E-state index contributed by atoms with van der Waals surface area (Å²) in [5.41, 5.74) is 7.15. The lowest BCUT2D eigenvalue weighted by atomic mass is 9.91. The summed E-state index contributed by atoms with van der Waals surface area (Å²) in [6.45, 7) is 2.16. The Labute approximate surface area is 118 Å². The van der Waals surface area contributed by atoms with Crippen LogP contribution in [0.15, 0.2) is 27.8 Å². The van der Waals surface area contributed by atoms with Gasteiger partial charge in [0.25, 0.3) is 0 Å². The number of oxazole rings is 1. The maximum absolute atomic E-state index is 12.6. The number of nitrogen functional groups attached to an aromatic ring is 1. The highest BCUT2D eigenvalue weighted by Crippen LogP contribution is 2.32. The predicted molar refractivity (Wildman–Crippen MR) is 77.0 cm³/mol. The number of anilines is 1. The average molecular weight is 294 g/mol. The Balaban J connectivity index is 1.96. The van der Waals surface area contributed by atoms with Crippen molar-refractivity contribution < 1.29 is 12.8 Å². The maximum Gasteiger partial charge on any atom is 0.316 e. The number of benzene rings is 1. The molecule has 3 rings (SSSR count). The van der Waals surface area contributed by atoms with Crippen LogP contribution in [0.1, 0.15) is 32.6 Å². The zero-order valence-electron chi connectivity index (χ0n) is 11.4. The lowest BCUT2D eigenvalue weighted by Crippen LogP contribution is -2.26. The van der Waals surface area contributed by atoms with E-state index in [4.69, 9.17) is 10.2 Å². The molecule has 1 aliphatic carbocycles. The molecule has 0 spiro atoms. The minimum Gasteiger partial charge on any atom is -0.428 e. The Hall–Kier alpha value is -1.56. The first-order valence-corrected chi connectivity index (χ1v) is 8.41. The Morgan fingerprint density at radius 2 is 1.95 bits per heavy atom. The molecule has 1 saturated carbocycles. The van der Waals surface area contributed by atoms with Crippen LogP contribution in [-0.2, 0) is 9.84 Å². The number of hydrogen-bond acceptors (Lipinski definition) is 5. The van der Waals surface area contributed by atoms with E-state index in [0.717, 1.165) is 12.8 Å². The third kappa shape index (κ3) is 2.28. The summed E-state index contributed by atoms with van der Waals surface area (Å²) >= 11 is 0. The van der Waals surface area contributed by atoms with Crippen molar-refractivity contribution in [1.82, 2.24) is 4.98 Å². The van der Waals surface area contributed by atoms with Crippen LogP contribution in [0.2, 0.25) is 0 Å². The second kappa shape index (κ2) is 4.77. The topological polar surface area (TPSA) is 86.2 Å². The van der Waals surface area contributed by atoms with Crippen LogP contribution < -0.4 is 5.73 Å². The number of nitrogens with two attached hydrogens (primary N) is 1. The van der Waals surface area contributed by atoms with Crippen LogP contribution in [-0.4, -0.2) is 18.7 Å². The van der Waals surface area contributed by atoms with E-state index >= 15 is 0 Å². The van der Waals surface area contributed by atoms with Crippen molar-refractivity contribution in [2.24, 2.45) is 5.92 Å². The van der Waals surface area contributed by atoms with E-state index in [-0.39, 0.29) is 10.5 Å². The number of hydrogen-bond donors (Lipinski definition) is 1. The molecule has 0 aliphatic heterocycles. The molecular formula is C14H18N2O3S. The quantitative estimate of drug-likeness (QED) is 0.861. The van der Waals surface area contributed by atoms with Gasteiger partial charge in [-0.15, -0.1) is 0 Å². The van der Waals surface area contributed by atoms with Crippen LogP contribution in [0.3, 0.4) is 0 Å². The molecule has 0 saturated heterocycles. The summed E-state index contributed by atoms with van der Waals surface area (Å²) in [6.07, 6.45) is 3.25. The fourth-order valence-corrected chi connectivity index (χ4v) is 4.33.